The largest absolute Gasteiger partial charge is 0.366 e. The molecule has 1 aromatic carbocycles. The van der Waals surface area contributed by atoms with Crippen LogP contribution >= 0.6 is 11.8 Å². The van der Waals surface area contributed by atoms with Gasteiger partial charge in [0, 0.05) is 41.8 Å². The number of amides is 2. The molecule has 0 aliphatic carbocycles. The third-order valence-corrected chi connectivity index (χ3v) is 4.35. The van der Waals surface area contributed by atoms with Crippen LogP contribution in [-0.2, 0) is 4.79 Å². The summed E-state index contributed by atoms with van der Waals surface area (Å²) in [5, 5.41) is 6.21. The lowest BCUT2D eigenvalue weighted by atomic mass is 10.1. The van der Waals surface area contributed by atoms with Crippen LogP contribution in [0.1, 0.15) is 22.3 Å². The number of carbonyl (C=O) groups is 2. The molecule has 1 atom stereocenters. The van der Waals surface area contributed by atoms with Crippen molar-refractivity contribution in [3.8, 4) is 0 Å². The monoisotopic (exact) mass is 293 g/mol. The Morgan fingerprint density at radius 1 is 1.50 bits per heavy atom. The lowest BCUT2D eigenvalue weighted by Crippen LogP contribution is -2.39. The average molecular weight is 293 g/mol. The van der Waals surface area contributed by atoms with Crippen molar-refractivity contribution in [3.63, 3.8) is 0 Å². The minimum Gasteiger partial charge on any atom is -0.366 e. The van der Waals surface area contributed by atoms with Crippen LogP contribution in [0.5, 0.6) is 0 Å². The van der Waals surface area contributed by atoms with Crippen LogP contribution in [-0.4, -0.2) is 35.9 Å². The summed E-state index contributed by atoms with van der Waals surface area (Å²) in [4.78, 5) is 23.1. The summed E-state index contributed by atoms with van der Waals surface area (Å²) < 4.78 is 0. The molecule has 0 radical (unpaired) electrons. The molecule has 0 aromatic heterocycles. The van der Waals surface area contributed by atoms with Crippen LogP contribution in [0.2, 0.25) is 0 Å². The van der Waals surface area contributed by atoms with Crippen molar-refractivity contribution in [1.29, 1.82) is 0 Å². The fourth-order valence-corrected chi connectivity index (χ4v) is 3.08. The fourth-order valence-electron chi connectivity index (χ4n) is 2.13. The molecule has 0 saturated carbocycles. The third-order valence-electron chi connectivity index (χ3n) is 3.22. The van der Waals surface area contributed by atoms with E-state index in [2.05, 4.69) is 10.6 Å². The zero-order valence-electron chi connectivity index (χ0n) is 11.4. The summed E-state index contributed by atoms with van der Waals surface area (Å²) >= 11 is 1.87. The third kappa shape index (κ3) is 3.98. The number of nitrogens with one attached hydrogen (secondary N) is 2. The van der Waals surface area contributed by atoms with E-state index in [-0.39, 0.29) is 11.9 Å². The van der Waals surface area contributed by atoms with Gasteiger partial charge in [0.25, 0.3) is 0 Å². The quantitative estimate of drug-likeness (QED) is 0.777. The number of nitrogens with two attached hydrogens (primary N) is 1. The number of primary amides is 1. The second-order valence-corrected chi connectivity index (χ2v) is 6.02. The summed E-state index contributed by atoms with van der Waals surface area (Å²) in [6, 6.07) is 5.27. The van der Waals surface area contributed by atoms with Crippen LogP contribution < -0.4 is 16.4 Å². The minimum absolute atomic E-state index is 0.0140. The highest BCUT2D eigenvalue weighted by molar-refractivity contribution is 7.99. The van der Waals surface area contributed by atoms with Crippen LogP contribution in [0.15, 0.2) is 18.2 Å². The number of thioether (sulfide) groups is 1. The number of benzene rings is 1. The molecule has 20 heavy (non-hydrogen) atoms. The van der Waals surface area contributed by atoms with Crippen molar-refractivity contribution < 1.29 is 9.59 Å². The van der Waals surface area contributed by atoms with Gasteiger partial charge in [-0.15, -0.1) is 0 Å². The van der Waals surface area contributed by atoms with E-state index in [1.165, 1.54) is 0 Å². The van der Waals surface area contributed by atoms with Gasteiger partial charge in [-0.3, -0.25) is 9.59 Å². The van der Waals surface area contributed by atoms with E-state index >= 15 is 0 Å². The normalized spacial score (nSPS) is 18.6. The topological polar surface area (TPSA) is 84.2 Å². The molecule has 0 spiro atoms. The van der Waals surface area contributed by atoms with Gasteiger partial charge in [0.15, 0.2) is 0 Å². The van der Waals surface area contributed by atoms with Gasteiger partial charge in [0.2, 0.25) is 11.8 Å². The standard InChI is InChI=1S/C14H19N3O2S/c1-9-6-10(14(15)19)2-3-12(9)17-13(18)7-11-8-20-5-4-16-11/h2-3,6,11,16H,4-5,7-8H2,1H3,(H2,15,19)(H,17,18). The van der Waals surface area contributed by atoms with E-state index in [0.717, 1.165) is 29.3 Å². The van der Waals surface area contributed by atoms with E-state index in [4.69, 9.17) is 5.73 Å². The molecule has 1 saturated heterocycles. The van der Waals surface area contributed by atoms with Crippen LogP contribution in [0, 0.1) is 6.92 Å². The summed E-state index contributed by atoms with van der Waals surface area (Å²) in [6.45, 7) is 2.80. The van der Waals surface area contributed by atoms with Crippen molar-refractivity contribution in [3.05, 3.63) is 29.3 Å². The lowest BCUT2D eigenvalue weighted by Gasteiger charge is -2.22. The molecule has 5 nitrogen and oxygen atoms in total. The smallest absolute Gasteiger partial charge is 0.248 e. The summed E-state index contributed by atoms with van der Waals surface area (Å²) in [7, 11) is 0. The van der Waals surface area contributed by atoms with E-state index in [1.807, 2.05) is 18.7 Å². The van der Waals surface area contributed by atoms with Crippen molar-refractivity contribution >= 4 is 29.3 Å². The van der Waals surface area contributed by atoms with Crippen molar-refractivity contribution in [2.45, 2.75) is 19.4 Å². The van der Waals surface area contributed by atoms with Gasteiger partial charge >= 0.3 is 0 Å². The number of anilines is 1. The number of rotatable bonds is 4. The molecule has 2 amide bonds. The van der Waals surface area contributed by atoms with E-state index in [0.29, 0.717) is 12.0 Å². The minimum atomic E-state index is -0.464. The SMILES string of the molecule is Cc1cc(C(N)=O)ccc1NC(=O)CC1CSCCN1. The maximum absolute atomic E-state index is 12.0. The molecular formula is C14H19N3O2S. The Labute approximate surface area is 122 Å². The molecule has 1 fully saturated rings. The Bertz CT molecular complexity index is 513. The molecule has 1 aliphatic rings. The molecular weight excluding hydrogens is 274 g/mol. The van der Waals surface area contributed by atoms with Crippen LogP contribution in [0.3, 0.4) is 0 Å². The van der Waals surface area contributed by atoms with Gasteiger partial charge in [-0.1, -0.05) is 0 Å². The molecule has 4 N–H and O–H groups in total. The van der Waals surface area contributed by atoms with E-state index in [9.17, 15) is 9.59 Å². The molecule has 6 heteroatoms. The van der Waals surface area contributed by atoms with E-state index < -0.39 is 5.91 Å². The first-order valence-corrected chi connectivity index (χ1v) is 7.73. The molecule has 1 unspecified atom stereocenters. The van der Waals surface area contributed by atoms with Gasteiger partial charge in [-0.05, 0) is 30.7 Å². The Morgan fingerprint density at radius 3 is 2.90 bits per heavy atom. The van der Waals surface area contributed by atoms with Crippen LogP contribution in [0.25, 0.3) is 0 Å². The Balaban J connectivity index is 1.95. The summed E-state index contributed by atoms with van der Waals surface area (Å²) in [5.41, 5.74) is 7.23. The Morgan fingerprint density at radius 2 is 2.30 bits per heavy atom. The first-order chi connectivity index (χ1) is 9.56. The molecule has 2 rings (SSSR count). The second-order valence-electron chi connectivity index (χ2n) is 4.87. The zero-order valence-corrected chi connectivity index (χ0v) is 12.3. The average Bonchev–Trinajstić information content (AvgIpc) is 2.42. The Hall–Kier alpha value is -1.53. The highest BCUT2D eigenvalue weighted by atomic mass is 32.2. The molecule has 108 valence electrons. The highest BCUT2D eigenvalue weighted by Gasteiger charge is 2.17. The van der Waals surface area contributed by atoms with E-state index in [1.54, 1.807) is 18.2 Å². The molecule has 1 heterocycles. The van der Waals surface area contributed by atoms with Gasteiger partial charge in [0.1, 0.15) is 0 Å². The zero-order chi connectivity index (χ0) is 14.5. The van der Waals surface area contributed by atoms with Crippen LogP contribution in [0.4, 0.5) is 5.69 Å². The van der Waals surface area contributed by atoms with Crippen molar-refractivity contribution in [2.75, 3.05) is 23.4 Å². The maximum atomic E-state index is 12.0. The molecule has 1 aromatic rings. The molecule has 0 bridgehead atoms. The van der Waals surface area contributed by atoms with Gasteiger partial charge in [0.05, 0.1) is 0 Å². The number of hydrogen-bond acceptors (Lipinski definition) is 4. The Kier molecular flexibility index (Phi) is 5.03. The first-order valence-electron chi connectivity index (χ1n) is 6.57. The van der Waals surface area contributed by atoms with Gasteiger partial charge < -0.3 is 16.4 Å². The predicted molar refractivity (Wildman–Crippen MR) is 82.1 cm³/mol. The van der Waals surface area contributed by atoms with Crippen molar-refractivity contribution in [1.82, 2.24) is 5.32 Å². The number of carbonyl (C=O) groups excluding carboxylic acids is 2. The summed E-state index contributed by atoms with van der Waals surface area (Å²) in [5.74, 6) is 1.59. The number of aryl methyl sites for hydroxylation is 1. The van der Waals surface area contributed by atoms with Crippen molar-refractivity contribution in [2.24, 2.45) is 5.73 Å². The van der Waals surface area contributed by atoms with Gasteiger partial charge in [-0.2, -0.15) is 11.8 Å². The van der Waals surface area contributed by atoms with Gasteiger partial charge in [-0.25, -0.2) is 0 Å². The highest BCUT2D eigenvalue weighted by Crippen LogP contribution is 2.17. The predicted octanol–water partition coefficient (Wildman–Crippen LogP) is 1.13. The summed E-state index contributed by atoms with van der Waals surface area (Å²) in [6.07, 6.45) is 0.462. The first kappa shape index (κ1) is 14.9. The maximum Gasteiger partial charge on any atom is 0.248 e. The number of hydrogen-bond donors (Lipinski definition) is 3. The molecule has 1 aliphatic heterocycles. The fraction of sp³-hybridized carbons (Fsp3) is 0.429. The lowest BCUT2D eigenvalue weighted by molar-refractivity contribution is -0.116. The second kappa shape index (κ2) is 6.76.